The van der Waals surface area contributed by atoms with Crippen molar-refractivity contribution in [2.45, 2.75) is 73.9 Å². The lowest BCUT2D eigenvalue weighted by Gasteiger charge is -2.31. The molecule has 1 aliphatic heterocycles. The highest BCUT2D eigenvalue weighted by Gasteiger charge is 2.44. The minimum absolute atomic E-state index is 0.0116. The molecule has 3 aromatic rings. The molecule has 1 saturated heterocycles. The molecule has 11 nitrogen and oxygen atoms in total. The Morgan fingerprint density at radius 3 is 2.12 bits per heavy atom. The van der Waals surface area contributed by atoms with Gasteiger partial charge in [-0.2, -0.15) is 17.5 Å². The summed E-state index contributed by atoms with van der Waals surface area (Å²) in [5.41, 5.74) is -0.806. The highest BCUT2D eigenvalue weighted by molar-refractivity contribution is 7.89. The minimum Gasteiger partial charge on any atom is -0.345 e. The molecule has 1 amide bonds. The molecule has 0 radical (unpaired) electrons. The maximum Gasteiger partial charge on any atom is 0.407 e. The lowest BCUT2D eigenvalue weighted by atomic mass is 9.96. The third-order valence-electron chi connectivity index (χ3n) is 7.78. The van der Waals surface area contributed by atoms with Crippen LogP contribution in [0.5, 0.6) is 0 Å². The van der Waals surface area contributed by atoms with E-state index in [1.807, 2.05) is 0 Å². The summed E-state index contributed by atoms with van der Waals surface area (Å²) < 4.78 is 108. The number of primary sulfonamides is 1. The SMILES string of the molecule is CC(C)(F)C[C@H](N[C@@H](c1ccc(-c2ccc(CS(N)(=O)=O)cc2)cc1)C(F)(F)F)C(=O)NC1CCCN(S(=O)(=O)c2ccccn2)CC1=O. The van der Waals surface area contributed by atoms with Crippen LogP contribution in [0.15, 0.2) is 78.0 Å². The number of carbonyl (C=O) groups excluding carboxylic acids is 2. The van der Waals surface area contributed by atoms with Crippen LogP contribution in [-0.2, 0) is 35.4 Å². The summed E-state index contributed by atoms with van der Waals surface area (Å²) in [5.74, 6) is -2.10. The third kappa shape index (κ3) is 10.6. The molecule has 1 unspecified atom stereocenters. The molecular formula is C32H37F4N5O6S2. The van der Waals surface area contributed by atoms with Crippen LogP contribution < -0.4 is 15.8 Å². The maximum atomic E-state index is 14.9. The fourth-order valence-corrected chi connectivity index (χ4v) is 7.48. The van der Waals surface area contributed by atoms with Crippen molar-refractivity contribution in [3.8, 4) is 11.1 Å². The molecule has 2 aromatic carbocycles. The largest absolute Gasteiger partial charge is 0.407 e. The average Bonchev–Trinajstić information content (AvgIpc) is 3.19. The first-order valence-electron chi connectivity index (χ1n) is 15.2. The van der Waals surface area contributed by atoms with Crippen LogP contribution in [0.2, 0.25) is 0 Å². The lowest BCUT2D eigenvalue weighted by molar-refractivity contribution is -0.161. The highest BCUT2D eigenvalue weighted by atomic mass is 32.2. The van der Waals surface area contributed by atoms with Crippen LogP contribution in [0.4, 0.5) is 17.6 Å². The molecule has 2 heterocycles. The predicted molar refractivity (Wildman–Crippen MR) is 173 cm³/mol. The summed E-state index contributed by atoms with van der Waals surface area (Å²) in [6, 6.07) is 10.5. The van der Waals surface area contributed by atoms with Crippen LogP contribution in [0.3, 0.4) is 0 Å². The first-order valence-corrected chi connectivity index (χ1v) is 18.3. The molecule has 1 fully saturated rings. The Balaban J connectivity index is 1.52. The van der Waals surface area contributed by atoms with Crippen molar-refractivity contribution >= 4 is 31.7 Å². The van der Waals surface area contributed by atoms with E-state index in [0.29, 0.717) is 16.7 Å². The number of amides is 1. The summed E-state index contributed by atoms with van der Waals surface area (Å²) in [7, 11) is -7.88. The molecule has 49 heavy (non-hydrogen) atoms. The van der Waals surface area contributed by atoms with Crippen molar-refractivity contribution in [2.75, 3.05) is 13.1 Å². The number of aromatic nitrogens is 1. The second-order valence-corrected chi connectivity index (χ2v) is 15.9. The summed E-state index contributed by atoms with van der Waals surface area (Å²) in [6.07, 6.45) is -4.14. The van der Waals surface area contributed by atoms with Gasteiger partial charge in [-0.1, -0.05) is 54.6 Å². The molecule has 0 aliphatic carbocycles. The highest BCUT2D eigenvalue weighted by Crippen LogP contribution is 2.35. The first kappa shape index (κ1) is 38.0. The first-order chi connectivity index (χ1) is 22.7. The molecule has 3 atom stereocenters. The van der Waals surface area contributed by atoms with Crippen LogP contribution in [0.1, 0.15) is 50.3 Å². The molecular weight excluding hydrogens is 691 g/mol. The quantitative estimate of drug-likeness (QED) is 0.237. The van der Waals surface area contributed by atoms with E-state index < -0.39 is 74.7 Å². The second kappa shape index (κ2) is 15.0. The van der Waals surface area contributed by atoms with Gasteiger partial charge in [0, 0.05) is 19.2 Å². The summed E-state index contributed by atoms with van der Waals surface area (Å²) >= 11 is 0. The van der Waals surface area contributed by atoms with Crippen molar-refractivity contribution in [1.29, 1.82) is 0 Å². The normalized spacial score (nSPS) is 18.0. The number of hydrogen-bond donors (Lipinski definition) is 3. The molecule has 17 heteroatoms. The van der Waals surface area contributed by atoms with E-state index in [-0.39, 0.29) is 35.7 Å². The number of hydrogen-bond acceptors (Lipinski definition) is 8. The fraction of sp³-hybridized carbons (Fsp3) is 0.406. The van der Waals surface area contributed by atoms with Gasteiger partial charge in [-0.3, -0.25) is 14.9 Å². The van der Waals surface area contributed by atoms with Crippen LogP contribution >= 0.6 is 0 Å². The molecule has 0 saturated carbocycles. The van der Waals surface area contributed by atoms with E-state index in [1.54, 1.807) is 12.1 Å². The number of nitrogens with two attached hydrogens (primary N) is 1. The number of Topliss-reactive ketones (excluding diaryl/α,β-unsaturated/α-hetero) is 1. The Kier molecular flexibility index (Phi) is 11.6. The van der Waals surface area contributed by atoms with Gasteiger partial charge in [-0.15, -0.1) is 0 Å². The van der Waals surface area contributed by atoms with Crippen LogP contribution in [-0.4, -0.2) is 74.8 Å². The van der Waals surface area contributed by atoms with E-state index in [1.165, 1.54) is 60.8 Å². The standard InChI is InChI=1S/C32H37F4N5O6S2/c1-31(2,33)18-26(30(43)40-25-6-5-17-41(19-27(25)42)49(46,47)28-7-3-4-16-38-28)39-29(32(34,35)36)24-14-12-23(13-15-24)22-10-8-21(9-11-22)20-48(37,44)45/h3-4,7-16,25-26,29,39H,5-6,17-20H2,1-2H3,(H,40,43)(H2,37,44,45)/t25?,26-,29-/m0/s1. The second-order valence-electron chi connectivity index (χ2n) is 12.4. The maximum absolute atomic E-state index is 14.9. The Hall–Kier alpha value is -3.77. The van der Waals surface area contributed by atoms with Crippen LogP contribution in [0, 0.1) is 0 Å². The van der Waals surface area contributed by atoms with Crippen molar-refractivity contribution < 1.29 is 44.0 Å². The van der Waals surface area contributed by atoms with Crippen molar-refractivity contribution in [3.63, 3.8) is 0 Å². The monoisotopic (exact) mass is 727 g/mol. The molecule has 1 aliphatic rings. The van der Waals surface area contributed by atoms with E-state index in [0.717, 1.165) is 18.2 Å². The van der Waals surface area contributed by atoms with Gasteiger partial charge >= 0.3 is 6.18 Å². The molecule has 266 valence electrons. The molecule has 4 rings (SSSR count). The van der Waals surface area contributed by atoms with Gasteiger partial charge in [-0.05, 0) is 61.1 Å². The zero-order valence-corrected chi connectivity index (χ0v) is 28.3. The number of halogens is 4. The number of carbonyl (C=O) groups is 2. The topological polar surface area (TPSA) is 169 Å². The number of nitrogens with zero attached hydrogens (tertiary/aromatic N) is 2. The van der Waals surface area contributed by atoms with Gasteiger partial charge < -0.3 is 5.32 Å². The molecule has 4 N–H and O–H groups in total. The number of alkyl halides is 4. The third-order valence-corrected chi connectivity index (χ3v) is 10.3. The number of ketones is 1. The number of benzene rings is 2. The molecule has 1 aromatic heterocycles. The van der Waals surface area contributed by atoms with Crippen molar-refractivity contribution in [3.05, 3.63) is 84.1 Å². The van der Waals surface area contributed by atoms with E-state index in [9.17, 15) is 44.0 Å². The van der Waals surface area contributed by atoms with Crippen molar-refractivity contribution in [2.24, 2.45) is 5.14 Å². The lowest BCUT2D eigenvalue weighted by Crippen LogP contribution is -2.54. The Bertz CT molecular complexity index is 1840. The minimum atomic E-state index is -4.92. The number of sulfonamides is 2. The predicted octanol–water partition coefficient (Wildman–Crippen LogP) is 3.78. The van der Waals surface area contributed by atoms with Gasteiger partial charge in [0.2, 0.25) is 15.9 Å². The fourth-order valence-electron chi connectivity index (χ4n) is 5.45. The molecule has 0 spiro atoms. The average molecular weight is 728 g/mol. The zero-order valence-electron chi connectivity index (χ0n) is 26.7. The van der Waals surface area contributed by atoms with Crippen molar-refractivity contribution in [1.82, 2.24) is 19.9 Å². The molecule has 0 bridgehead atoms. The van der Waals surface area contributed by atoms with E-state index in [4.69, 9.17) is 5.14 Å². The number of rotatable bonds is 12. The zero-order chi connectivity index (χ0) is 36.2. The Labute approximate surface area is 282 Å². The Morgan fingerprint density at radius 1 is 0.980 bits per heavy atom. The van der Waals surface area contributed by atoms with E-state index in [2.05, 4.69) is 15.6 Å². The number of nitrogens with one attached hydrogen (secondary N) is 2. The van der Waals surface area contributed by atoms with E-state index >= 15 is 0 Å². The summed E-state index contributed by atoms with van der Waals surface area (Å²) in [5, 5.41) is 9.50. The van der Waals surface area contributed by atoms with Gasteiger partial charge in [0.05, 0.1) is 24.4 Å². The summed E-state index contributed by atoms with van der Waals surface area (Å²) in [4.78, 5) is 30.4. The van der Waals surface area contributed by atoms with Gasteiger partial charge in [0.25, 0.3) is 10.0 Å². The van der Waals surface area contributed by atoms with Gasteiger partial charge in [-0.25, -0.2) is 31.3 Å². The smallest absolute Gasteiger partial charge is 0.345 e. The number of pyridine rings is 1. The van der Waals surface area contributed by atoms with Gasteiger partial charge in [0.15, 0.2) is 10.8 Å². The summed E-state index contributed by atoms with van der Waals surface area (Å²) in [6.45, 7) is 1.57. The van der Waals surface area contributed by atoms with Crippen LogP contribution in [0.25, 0.3) is 11.1 Å². The Morgan fingerprint density at radius 2 is 1.59 bits per heavy atom. The van der Waals surface area contributed by atoms with Gasteiger partial charge in [0.1, 0.15) is 11.7 Å².